The number of amides is 1. The van der Waals surface area contributed by atoms with E-state index in [-0.39, 0.29) is 11.9 Å². The molecule has 128 valence electrons. The lowest BCUT2D eigenvalue weighted by Crippen LogP contribution is -2.45. The number of rotatable bonds is 4. The third-order valence-corrected chi connectivity index (χ3v) is 4.61. The number of piperidine rings is 1. The molecule has 1 unspecified atom stereocenters. The molecule has 1 N–H and O–H groups in total. The highest BCUT2D eigenvalue weighted by Gasteiger charge is 2.27. The van der Waals surface area contributed by atoms with E-state index in [1.54, 1.807) is 6.20 Å². The summed E-state index contributed by atoms with van der Waals surface area (Å²) in [6.07, 6.45) is 5.50. The Morgan fingerprint density at radius 1 is 1.33 bits per heavy atom. The maximum Gasteiger partial charge on any atom is 0.247 e. The second-order valence-corrected chi connectivity index (χ2v) is 6.53. The Morgan fingerprint density at radius 3 is 2.67 bits per heavy atom. The zero-order valence-electron chi connectivity index (χ0n) is 14.6. The van der Waals surface area contributed by atoms with Crippen LogP contribution in [0.4, 0.5) is 5.69 Å². The Morgan fingerprint density at radius 2 is 2.08 bits per heavy atom. The molecule has 1 atom stereocenters. The molecular formula is C18H25N5O. The first kappa shape index (κ1) is 16.5. The minimum atomic E-state index is -0.249. The molecule has 0 aromatic carbocycles. The summed E-state index contributed by atoms with van der Waals surface area (Å²) >= 11 is 0. The van der Waals surface area contributed by atoms with Crippen molar-refractivity contribution >= 4 is 11.6 Å². The lowest BCUT2D eigenvalue weighted by Gasteiger charge is -2.34. The number of aromatic nitrogens is 3. The van der Waals surface area contributed by atoms with E-state index < -0.39 is 0 Å². The van der Waals surface area contributed by atoms with Crippen molar-refractivity contribution in [3.8, 4) is 0 Å². The normalized spacial score (nSPS) is 16.9. The fourth-order valence-electron chi connectivity index (χ4n) is 3.34. The van der Waals surface area contributed by atoms with Gasteiger partial charge in [-0.1, -0.05) is 0 Å². The molecule has 0 spiro atoms. The van der Waals surface area contributed by atoms with Gasteiger partial charge in [0.2, 0.25) is 5.91 Å². The quantitative estimate of drug-likeness (QED) is 0.937. The fraction of sp³-hybridized carbons (Fsp3) is 0.500. The number of aryl methyl sites for hydroxylation is 2. The number of carbonyl (C=O) groups is 1. The third-order valence-electron chi connectivity index (χ3n) is 4.61. The molecule has 0 saturated carbocycles. The summed E-state index contributed by atoms with van der Waals surface area (Å²) in [7, 11) is 0. The number of pyridine rings is 1. The van der Waals surface area contributed by atoms with E-state index in [0.717, 1.165) is 43.0 Å². The minimum Gasteiger partial charge on any atom is -0.381 e. The first-order valence-electron chi connectivity index (χ1n) is 8.52. The smallest absolute Gasteiger partial charge is 0.247 e. The van der Waals surface area contributed by atoms with Crippen LogP contribution in [0.2, 0.25) is 0 Å². The summed E-state index contributed by atoms with van der Waals surface area (Å²) in [6.45, 7) is 7.44. The Bertz CT molecular complexity index is 689. The van der Waals surface area contributed by atoms with Crippen LogP contribution in [0.25, 0.3) is 0 Å². The van der Waals surface area contributed by atoms with Gasteiger partial charge in [0.05, 0.1) is 11.4 Å². The van der Waals surface area contributed by atoms with Crippen LogP contribution in [-0.4, -0.2) is 44.7 Å². The van der Waals surface area contributed by atoms with E-state index in [9.17, 15) is 4.79 Å². The topological polar surface area (TPSA) is 63.1 Å². The van der Waals surface area contributed by atoms with Crippen molar-refractivity contribution in [3.05, 3.63) is 42.0 Å². The first-order valence-corrected chi connectivity index (χ1v) is 8.52. The lowest BCUT2D eigenvalue weighted by atomic mass is 10.0. The van der Waals surface area contributed by atoms with E-state index in [1.165, 1.54) is 0 Å². The predicted octanol–water partition coefficient (Wildman–Crippen LogP) is 2.56. The summed E-state index contributed by atoms with van der Waals surface area (Å²) in [5.74, 6) is 0.154. The average molecular weight is 327 g/mol. The van der Waals surface area contributed by atoms with Crippen LogP contribution in [0.1, 0.15) is 37.2 Å². The van der Waals surface area contributed by atoms with Gasteiger partial charge in [-0.05, 0) is 51.8 Å². The fourth-order valence-corrected chi connectivity index (χ4v) is 3.34. The average Bonchev–Trinajstić information content (AvgIpc) is 2.93. The molecule has 0 radical (unpaired) electrons. The predicted molar refractivity (Wildman–Crippen MR) is 93.9 cm³/mol. The molecule has 1 aliphatic heterocycles. The third kappa shape index (κ3) is 3.58. The highest BCUT2D eigenvalue weighted by Crippen LogP contribution is 2.20. The van der Waals surface area contributed by atoms with Crippen LogP contribution in [0, 0.1) is 13.8 Å². The van der Waals surface area contributed by atoms with Crippen LogP contribution in [-0.2, 0) is 4.79 Å². The van der Waals surface area contributed by atoms with Gasteiger partial charge in [-0.25, -0.2) is 0 Å². The molecule has 3 rings (SSSR count). The number of hydrogen-bond donors (Lipinski definition) is 1. The zero-order chi connectivity index (χ0) is 17.1. The SMILES string of the molecule is Cc1cc(C)n(C(C)C(=O)N2CCC(Nc3cccnc3)CC2)n1. The maximum absolute atomic E-state index is 12.8. The number of nitrogens with one attached hydrogen (secondary N) is 1. The molecular weight excluding hydrogens is 302 g/mol. The summed E-state index contributed by atoms with van der Waals surface area (Å²) in [6, 6.07) is 6.10. The number of nitrogens with zero attached hydrogens (tertiary/aromatic N) is 4. The molecule has 1 saturated heterocycles. The van der Waals surface area contributed by atoms with Crippen molar-refractivity contribution in [1.82, 2.24) is 19.7 Å². The first-order chi connectivity index (χ1) is 11.5. The second kappa shape index (κ2) is 7.03. The van der Waals surface area contributed by atoms with E-state index >= 15 is 0 Å². The minimum absolute atomic E-state index is 0.154. The number of carbonyl (C=O) groups excluding carboxylic acids is 1. The van der Waals surface area contributed by atoms with Crippen molar-refractivity contribution in [2.24, 2.45) is 0 Å². The van der Waals surface area contributed by atoms with Crippen molar-refractivity contribution in [2.45, 2.75) is 45.7 Å². The summed E-state index contributed by atoms with van der Waals surface area (Å²) < 4.78 is 1.83. The Balaban J connectivity index is 1.56. The molecule has 24 heavy (non-hydrogen) atoms. The Kier molecular flexibility index (Phi) is 4.83. The lowest BCUT2D eigenvalue weighted by molar-refractivity contribution is -0.135. The van der Waals surface area contributed by atoms with Gasteiger partial charge < -0.3 is 10.2 Å². The van der Waals surface area contributed by atoms with Gasteiger partial charge in [0.25, 0.3) is 0 Å². The van der Waals surface area contributed by atoms with Gasteiger partial charge in [0.1, 0.15) is 6.04 Å². The molecule has 2 aromatic heterocycles. The van der Waals surface area contributed by atoms with Gasteiger partial charge in [-0.2, -0.15) is 5.10 Å². The van der Waals surface area contributed by atoms with Crippen molar-refractivity contribution in [1.29, 1.82) is 0 Å². The second-order valence-electron chi connectivity index (χ2n) is 6.53. The monoisotopic (exact) mass is 327 g/mol. The maximum atomic E-state index is 12.8. The molecule has 6 nitrogen and oxygen atoms in total. The van der Waals surface area contributed by atoms with E-state index in [4.69, 9.17) is 0 Å². The number of likely N-dealkylation sites (tertiary alicyclic amines) is 1. The number of anilines is 1. The van der Waals surface area contributed by atoms with E-state index in [0.29, 0.717) is 6.04 Å². The molecule has 1 fully saturated rings. The molecule has 0 aliphatic carbocycles. The zero-order valence-corrected chi connectivity index (χ0v) is 14.6. The highest BCUT2D eigenvalue weighted by molar-refractivity contribution is 5.80. The van der Waals surface area contributed by atoms with Crippen LogP contribution in [0.3, 0.4) is 0 Å². The van der Waals surface area contributed by atoms with E-state index in [1.807, 2.05) is 54.7 Å². The number of hydrogen-bond acceptors (Lipinski definition) is 4. The molecule has 2 aromatic rings. The summed E-state index contributed by atoms with van der Waals surface area (Å²) in [4.78, 5) is 18.8. The summed E-state index contributed by atoms with van der Waals surface area (Å²) in [5.41, 5.74) is 3.02. The molecule has 3 heterocycles. The Hall–Kier alpha value is -2.37. The van der Waals surface area contributed by atoms with Crippen LogP contribution >= 0.6 is 0 Å². The van der Waals surface area contributed by atoms with Gasteiger partial charge in [0, 0.05) is 37.2 Å². The van der Waals surface area contributed by atoms with Crippen LogP contribution in [0.5, 0.6) is 0 Å². The standard InChI is InChI=1S/C18H25N5O/c1-13-11-14(2)23(21-13)15(3)18(24)22-9-6-16(7-10-22)20-17-5-4-8-19-12-17/h4-5,8,11-12,15-16,20H,6-7,9-10H2,1-3H3. The van der Waals surface area contributed by atoms with Crippen molar-refractivity contribution in [3.63, 3.8) is 0 Å². The summed E-state index contributed by atoms with van der Waals surface area (Å²) in [5, 5.41) is 7.94. The van der Waals surface area contributed by atoms with Crippen molar-refractivity contribution in [2.75, 3.05) is 18.4 Å². The van der Waals surface area contributed by atoms with E-state index in [2.05, 4.69) is 15.4 Å². The Labute approximate surface area is 142 Å². The van der Waals surface area contributed by atoms with Crippen LogP contribution < -0.4 is 5.32 Å². The molecule has 1 aliphatic rings. The van der Waals surface area contributed by atoms with Gasteiger partial charge in [-0.3, -0.25) is 14.5 Å². The van der Waals surface area contributed by atoms with Gasteiger partial charge >= 0.3 is 0 Å². The van der Waals surface area contributed by atoms with Crippen LogP contribution in [0.15, 0.2) is 30.6 Å². The largest absolute Gasteiger partial charge is 0.381 e. The van der Waals surface area contributed by atoms with Crippen molar-refractivity contribution < 1.29 is 4.79 Å². The molecule has 6 heteroatoms. The molecule has 0 bridgehead atoms. The molecule has 1 amide bonds. The highest BCUT2D eigenvalue weighted by atomic mass is 16.2. The van der Waals surface area contributed by atoms with Gasteiger partial charge in [-0.15, -0.1) is 0 Å². The van der Waals surface area contributed by atoms with Gasteiger partial charge in [0.15, 0.2) is 0 Å².